The molecule has 0 spiro atoms. The Labute approximate surface area is 140 Å². The normalized spacial score (nSPS) is 47.2. The van der Waals surface area contributed by atoms with E-state index in [2.05, 4.69) is 24.1 Å². The van der Waals surface area contributed by atoms with Gasteiger partial charge in [0.1, 0.15) is 0 Å². The van der Waals surface area contributed by atoms with Crippen molar-refractivity contribution >= 4 is 5.71 Å². The van der Waals surface area contributed by atoms with Crippen LogP contribution in [0.4, 0.5) is 0 Å². The topological polar surface area (TPSA) is 32.6 Å². The zero-order chi connectivity index (χ0) is 16.0. The summed E-state index contributed by atoms with van der Waals surface area (Å²) in [5, 5.41) is 12.5. The Kier molecular flexibility index (Phi) is 4.00. The van der Waals surface area contributed by atoms with Gasteiger partial charge in [-0.05, 0) is 86.5 Å². The Bertz CT molecular complexity index is 569. The molecule has 124 valence electrons. The molecule has 7 atom stereocenters. The highest BCUT2D eigenvalue weighted by Gasteiger charge is 2.52. The molecule has 4 rings (SSSR count). The summed E-state index contributed by atoms with van der Waals surface area (Å²) in [7, 11) is 0. The second-order valence-electron chi connectivity index (χ2n) is 8.32. The Morgan fingerprint density at radius 2 is 1.96 bits per heavy atom. The van der Waals surface area contributed by atoms with E-state index in [0.717, 1.165) is 47.6 Å². The maximum Gasteiger partial charge on any atom is 0.0795 e. The van der Waals surface area contributed by atoms with E-state index >= 15 is 0 Å². The van der Waals surface area contributed by atoms with E-state index in [-0.39, 0.29) is 0 Å². The highest BCUT2D eigenvalue weighted by molar-refractivity contribution is 5.96. The van der Waals surface area contributed by atoms with Gasteiger partial charge in [0.2, 0.25) is 0 Å². The number of oxime groups is 1. The summed E-state index contributed by atoms with van der Waals surface area (Å²) in [6.45, 7) is 2.32. The molecular weight excluding hydrogens is 282 g/mol. The summed E-state index contributed by atoms with van der Waals surface area (Å²) < 4.78 is 0. The van der Waals surface area contributed by atoms with E-state index < -0.39 is 0 Å². The molecule has 2 unspecified atom stereocenters. The fourth-order valence-corrected chi connectivity index (χ4v) is 6.74. The molecule has 0 aromatic rings. The van der Waals surface area contributed by atoms with Crippen molar-refractivity contribution in [2.24, 2.45) is 46.6 Å². The largest absolute Gasteiger partial charge is 0.411 e. The number of terminal acetylenes is 1. The third-order valence-electron chi connectivity index (χ3n) is 7.70. The summed E-state index contributed by atoms with van der Waals surface area (Å²) in [6.07, 6.45) is 18.2. The van der Waals surface area contributed by atoms with Crippen molar-refractivity contribution in [3.63, 3.8) is 0 Å². The van der Waals surface area contributed by atoms with Crippen molar-refractivity contribution in [1.29, 1.82) is 0 Å². The molecule has 0 aliphatic heterocycles. The first-order chi connectivity index (χ1) is 11.3. The van der Waals surface area contributed by atoms with Gasteiger partial charge < -0.3 is 5.21 Å². The van der Waals surface area contributed by atoms with E-state index in [0.29, 0.717) is 5.92 Å². The van der Waals surface area contributed by atoms with Crippen molar-refractivity contribution in [3.8, 4) is 12.3 Å². The van der Waals surface area contributed by atoms with Crippen LogP contribution < -0.4 is 0 Å². The summed E-state index contributed by atoms with van der Waals surface area (Å²) in [4.78, 5) is 0. The average Bonchev–Trinajstić information content (AvgIpc) is 2.98. The Hall–Kier alpha value is -1.23. The van der Waals surface area contributed by atoms with Gasteiger partial charge in [0, 0.05) is 5.92 Å². The molecule has 2 heteroatoms. The van der Waals surface area contributed by atoms with E-state index in [1.54, 1.807) is 5.57 Å². The minimum Gasteiger partial charge on any atom is -0.411 e. The van der Waals surface area contributed by atoms with Crippen LogP contribution in [0.15, 0.2) is 16.8 Å². The Morgan fingerprint density at radius 3 is 2.70 bits per heavy atom. The summed E-state index contributed by atoms with van der Waals surface area (Å²) in [5.74, 6) is 8.69. The predicted octanol–water partition coefficient (Wildman–Crippen LogP) is 4.88. The fourth-order valence-electron chi connectivity index (χ4n) is 6.74. The van der Waals surface area contributed by atoms with Crippen LogP contribution in [-0.4, -0.2) is 10.9 Å². The number of hydrogen-bond acceptors (Lipinski definition) is 2. The predicted molar refractivity (Wildman–Crippen MR) is 93.2 cm³/mol. The maximum atomic E-state index is 9.07. The van der Waals surface area contributed by atoms with Gasteiger partial charge in [-0.2, -0.15) is 0 Å². The number of nitrogens with zero attached hydrogens (tertiary/aromatic N) is 1. The number of rotatable bonds is 1. The van der Waals surface area contributed by atoms with Crippen LogP contribution in [0.3, 0.4) is 0 Å². The molecule has 0 saturated heterocycles. The standard InChI is InChI=1S/C21H29NO/c1-3-13-12-21-18(16(13)4-2)9-10-19-17-8-6-15(22-23)11-14(17)5-7-20(19)21/h2,11,13,16-21,23H,3,5-10,12H2,1H3/t13?,16?,17-,18+,19+,20+,21+/m0/s1. The van der Waals surface area contributed by atoms with Gasteiger partial charge in [-0.25, -0.2) is 0 Å². The van der Waals surface area contributed by atoms with E-state index in [1.165, 1.54) is 44.9 Å². The molecule has 0 bridgehead atoms. The Morgan fingerprint density at radius 1 is 1.13 bits per heavy atom. The molecular formula is C21H29NO. The van der Waals surface area contributed by atoms with Crippen molar-refractivity contribution < 1.29 is 5.21 Å². The monoisotopic (exact) mass is 311 g/mol. The lowest BCUT2D eigenvalue weighted by molar-refractivity contribution is 0.0455. The van der Waals surface area contributed by atoms with Gasteiger partial charge in [-0.15, -0.1) is 12.3 Å². The molecule has 3 saturated carbocycles. The van der Waals surface area contributed by atoms with Crippen molar-refractivity contribution in [1.82, 2.24) is 0 Å². The fraction of sp³-hybridized carbons (Fsp3) is 0.762. The van der Waals surface area contributed by atoms with E-state index in [9.17, 15) is 0 Å². The molecule has 0 amide bonds. The third kappa shape index (κ3) is 2.35. The van der Waals surface area contributed by atoms with Crippen molar-refractivity contribution in [3.05, 3.63) is 11.6 Å². The van der Waals surface area contributed by atoms with Gasteiger partial charge in [0.25, 0.3) is 0 Å². The molecule has 1 N–H and O–H groups in total. The molecule has 2 nitrogen and oxygen atoms in total. The van der Waals surface area contributed by atoms with E-state index in [1.807, 2.05) is 0 Å². The maximum absolute atomic E-state index is 9.07. The number of fused-ring (bicyclic) bond motifs is 5. The Balaban J connectivity index is 1.58. The summed E-state index contributed by atoms with van der Waals surface area (Å²) in [6, 6.07) is 0. The lowest BCUT2D eigenvalue weighted by Gasteiger charge is -2.49. The molecule has 0 heterocycles. The molecule has 4 aliphatic carbocycles. The van der Waals surface area contributed by atoms with Gasteiger partial charge in [0.05, 0.1) is 5.71 Å². The number of hydrogen-bond donors (Lipinski definition) is 1. The minimum atomic E-state index is 0.544. The quantitative estimate of drug-likeness (QED) is 0.417. The average molecular weight is 311 g/mol. The highest BCUT2D eigenvalue weighted by Crippen LogP contribution is 2.59. The molecule has 4 aliphatic rings. The van der Waals surface area contributed by atoms with Crippen LogP contribution in [0, 0.1) is 53.8 Å². The first-order valence-corrected chi connectivity index (χ1v) is 9.64. The van der Waals surface area contributed by atoms with Crippen LogP contribution in [-0.2, 0) is 0 Å². The number of allylic oxidation sites excluding steroid dienone is 2. The van der Waals surface area contributed by atoms with Crippen molar-refractivity contribution in [2.75, 3.05) is 0 Å². The molecule has 0 aromatic carbocycles. The molecule has 23 heavy (non-hydrogen) atoms. The highest BCUT2D eigenvalue weighted by atomic mass is 16.4. The van der Waals surface area contributed by atoms with Crippen LogP contribution >= 0.6 is 0 Å². The SMILES string of the molecule is C#CC1C(CC)C[C@H]2[C@@H]3CCC4=CC(=NO)CC[C@@H]4[C@H]3CC[C@H]12. The van der Waals surface area contributed by atoms with Gasteiger partial charge in [-0.3, -0.25) is 0 Å². The smallest absolute Gasteiger partial charge is 0.0795 e. The molecule has 0 aromatic heterocycles. The second-order valence-corrected chi connectivity index (χ2v) is 8.32. The first-order valence-electron chi connectivity index (χ1n) is 9.64. The lowest BCUT2D eigenvalue weighted by Crippen LogP contribution is -2.41. The summed E-state index contributed by atoms with van der Waals surface area (Å²) >= 11 is 0. The lowest BCUT2D eigenvalue weighted by atomic mass is 9.55. The zero-order valence-electron chi connectivity index (χ0n) is 14.2. The van der Waals surface area contributed by atoms with Crippen LogP contribution in [0.25, 0.3) is 0 Å². The second kappa shape index (κ2) is 6.00. The minimum absolute atomic E-state index is 0.544. The first kappa shape index (κ1) is 15.3. The van der Waals surface area contributed by atoms with Gasteiger partial charge in [-0.1, -0.05) is 24.1 Å². The summed E-state index contributed by atoms with van der Waals surface area (Å²) in [5.41, 5.74) is 2.46. The van der Waals surface area contributed by atoms with Gasteiger partial charge >= 0.3 is 0 Å². The van der Waals surface area contributed by atoms with Crippen LogP contribution in [0.5, 0.6) is 0 Å². The van der Waals surface area contributed by atoms with Crippen LogP contribution in [0.1, 0.15) is 58.3 Å². The third-order valence-corrected chi connectivity index (χ3v) is 7.70. The van der Waals surface area contributed by atoms with Gasteiger partial charge in [0.15, 0.2) is 0 Å². The zero-order valence-corrected chi connectivity index (χ0v) is 14.2. The van der Waals surface area contributed by atoms with Crippen LogP contribution in [0.2, 0.25) is 0 Å². The van der Waals surface area contributed by atoms with E-state index in [4.69, 9.17) is 11.6 Å². The molecule has 0 radical (unpaired) electrons. The molecule has 3 fully saturated rings. The van der Waals surface area contributed by atoms with Crippen molar-refractivity contribution in [2.45, 2.75) is 58.3 Å².